The van der Waals surface area contributed by atoms with Gasteiger partial charge in [0.2, 0.25) is 0 Å². The minimum atomic E-state index is -0.924. The second-order valence-electron chi connectivity index (χ2n) is 3.11. The first-order chi connectivity index (χ1) is 7.72. The van der Waals surface area contributed by atoms with E-state index in [1.807, 2.05) is 12.1 Å². The highest BCUT2D eigenvalue weighted by molar-refractivity contribution is 7.98. The van der Waals surface area contributed by atoms with E-state index in [2.05, 4.69) is 0 Å². The van der Waals surface area contributed by atoms with Crippen molar-refractivity contribution in [1.82, 2.24) is 0 Å². The van der Waals surface area contributed by atoms with Crippen molar-refractivity contribution in [2.75, 3.05) is 12.4 Å². The van der Waals surface area contributed by atoms with Gasteiger partial charge in [-0.05, 0) is 30.4 Å². The molecule has 0 saturated heterocycles. The summed E-state index contributed by atoms with van der Waals surface area (Å²) in [5.74, 6) is 0.951. The number of hydrogen-bond donors (Lipinski definition) is 2. The average Bonchev–Trinajstić information content (AvgIpc) is 2.70. The van der Waals surface area contributed by atoms with Gasteiger partial charge in [0.05, 0.1) is 0 Å². The summed E-state index contributed by atoms with van der Waals surface area (Å²) in [4.78, 5) is 12.5. The molecule has 2 N–H and O–H groups in total. The molecule has 16 heavy (non-hydrogen) atoms. The standard InChI is InChI=1S/C11H14O3S2/c12-6-1-7-15-8-10-3-2-9(16-10)4-5-11(13)14/h2-5,12H,1,6-8H2,(H,13,14). The molecular formula is C11H14O3S2. The largest absolute Gasteiger partial charge is 0.478 e. The van der Waals surface area contributed by atoms with E-state index < -0.39 is 5.97 Å². The van der Waals surface area contributed by atoms with Gasteiger partial charge in [-0.15, -0.1) is 11.3 Å². The lowest BCUT2D eigenvalue weighted by Crippen LogP contribution is -1.85. The lowest BCUT2D eigenvalue weighted by Gasteiger charge is -1.96. The number of carboxylic acid groups (broad SMARTS) is 1. The second-order valence-corrected chi connectivity index (χ2v) is 5.41. The third kappa shape index (κ3) is 5.34. The Morgan fingerprint density at radius 3 is 3.00 bits per heavy atom. The Bertz CT molecular complexity index is 358. The third-order valence-corrected chi connectivity index (χ3v) is 4.09. The Morgan fingerprint density at radius 1 is 1.50 bits per heavy atom. The van der Waals surface area contributed by atoms with E-state index in [1.54, 1.807) is 29.2 Å². The first-order valence-electron chi connectivity index (χ1n) is 4.90. The van der Waals surface area contributed by atoms with Crippen molar-refractivity contribution in [2.45, 2.75) is 12.2 Å². The molecule has 0 atom stereocenters. The van der Waals surface area contributed by atoms with Gasteiger partial charge >= 0.3 is 5.97 Å². The van der Waals surface area contributed by atoms with Crippen molar-refractivity contribution in [3.63, 3.8) is 0 Å². The highest BCUT2D eigenvalue weighted by Crippen LogP contribution is 2.22. The molecule has 3 nitrogen and oxygen atoms in total. The van der Waals surface area contributed by atoms with E-state index in [0.29, 0.717) is 0 Å². The highest BCUT2D eigenvalue weighted by atomic mass is 32.2. The molecule has 0 aliphatic carbocycles. The molecular weight excluding hydrogens is 244 g/mol. The van der Waals surface area contributed by atoms with E-state index in [0.717, 1.165) is 28.9 Å². The molecule has 0 spiro atoms. The van der Waals surface area contributed by atoms with Crippen LogP contribution >= 0.6 is 23.1 Å². The van der Waals surface area contributed by atoms with Gasteiger partial charge in [-0.1, -0.05) is 0 Å². The van der Waals surface area contributed by atoms with Crippen LogP contribution in [-0.2, 0) is 10.5 Å². The number of thioether (sulfide) groups is 1. The number of carbonyl (C=O) groups is 1. The van der Waals surface area contributed by atoms with Gasteiger partial charge in [-0.3, -0.25) is 0 Å². The Hall–Kier alpha value is -0.780. The maximum Gasteiger partial charge on any atom is 0.328 e. The molecule has 0 fully saturated rings. The van der Waals surface area contributed by atoms with Gasteiger partial charge in [0.15, 0.2) is 0 Å². The summed E-state index contributed by atoms with van der Waals surface area (Å²) in [6.07, 6.45) is 3.57. The topological polar surface area (TPSA) is 57.5 Å². The maximum atomic E-state index is 10.3. The minimum absolute atomic E-state index is 0.240. The number of carboxylic acids is 1. The van der Waals surface area contributed by atoms with Crippen LogP contribution in [0.4, 0.5) is 0 Å². The van der Waals surface area contributed by atoms with Crippen LogP contribution < -0.4 is 0 Å². The molecule has 88 valence electrons. The Morgan fingerprint density at radius 2 is 2.31 bits per heavy atom. The summed E-state index contributed by atoms with van der Waals surface area (Å²) in [7, 11) is 0. The van der Waals surface area contributed by atoms with Crippen molar-refractivity contribution in [1.29, 1.82) is 0 Å². The predicted octanol–water partition coefficient (Wildman–Crippen LogP) is 2.46. The molecule has 1 aromatic heterocycles. The van der Waals surface area contributed by atoms with Crippen LogP contribution in [0.15, 0.2) is 18.2 Å². The molecule has 1 rings (SSSR count). The number of hydrogen-bond acceptors (Lipinski definition) is 4. The monoisotopic (exact) mass is 258 g/mol. The van der Waals surface area contributed by atoms with Gasteiger partial charge in [-0.2, -0.15) is 11.8 Å². The molecule has 0 aliphatic heterocycles. The molecule has 0 saturated carbocycles. The molecule has 0 aliphatic rings. The van der Waals surface area contributed by atoms with Gasteiger partial charge < -0.3 is 10.2 Å². The quantitative estimate of drug-likeness (QED) is 0.582. The fourth-order valence-electron chi connectivity index (χ4n) is 1.05. The number of rotatable bonds is 7. The van der Waals surface area contributed by atoms with Crippen LogP contribution in [0.3, 0.4) is 0 Å². The highest BCUT2D eigenvalue weighted by Gasteiger charge is 1.98. The Balaban J connectivity index is 2.36. The molecule has 0 amide bonds. The predicted molar refractivity (Wildman–Crippen MR) is 68.9 cm³/mol. The lowest BCUT2D eigenvalue weighted by molar-refractivity contribution is -0.131. The van der Waals surface area contributed by atoms with Crippen LogP contribution in [0.2, 0.25) is 0 Å². The SMILES string of the molecule is O=C(O)C=Cc1ccc(CSCCCO)s1. The summed E-state index contributed by atoms with van der Waals surface area (Å²) in [6.45, 7) is 0.240. The van der Waals surface area contributed by atoms with Gasteiger partial charge in [0, 0.05) is 28.2 Å². The lowest BCUT2D eigenvalue weighted by atomic mass is 10.4. The molecule has 0 bridgehead atoms. The van der Waals surface area contributed by atoms with Crippen molar-refractivity contribution in [3.8, 4) is 0 Å². The first kappa shape index (κ1) is 13.3. The smallest absolute Gasteiger partial charge is 0.328 e. The van der Waals surface area contributed by atoms with Crippen molar-refractivity contribution in [2.24, 2.45) is 0 Å². The van der Waals surface area contributed by atoms with E-state index in [1.165, 1.54) is 4.88 Å². The van der Waals surface area contributed by atoms with E-state index in [-0.39, 0.29) is 6.61 Å². The van der Waals surface area contributed by atoms with Crippen LogP contribution in [0.25, 0.3) is 6.08 Å². The molecule has 1 heterocycles. The van der Waals surface area contributed by atoms with Crippen LogP contribution in [-0.4, -0.2) is 28.5 Å². The number of aliphatic hydroxyl groups excluding tert-OH is 1. The first-order valence-corrected chi connectivity index (χ1v) is 6.88. The van der Waals surface area contributed by atoms with Gasteiger partial charge in [0.25, 0.3) is 0 Å². The zero-order valence-electron chi connectivity index (χ0n) is 8.76. The number of thiophene rings is 1. The number of aliphatic carboxylic acids is 1. The van der Waals surface area contributed by atoms with E-state index in [4.69, 9.17) is 10.2 Å². The fourth-order valence-corrected chi connectivity index (χ4v) is 3.03. The second kappa shape index (κ2) is 7.49. The summed E-state index contributed by atoms with van der Waals surface area (Å²) in [6, 6.07) is 3.93. The molecule has 0 unspecified atom stereocenters. The van der Waals surface area contributed by atoms with Crippen molar-refractivity contribution >= 4 is 35.1 Å². The summed E-state index contributed by atoms with van der Waals surface area (Å²) < 4.78 is 0. The molecule has 1 aromatic rings. The minimum Gasteiger partial charge on any atom is -0.478 e. The molecule has 0 radical (unpaired) electrons. The van der Waals surface area contributed by atoms with Crippen LogP contribution in [0, 0.1) is 0 Å². The van der Waals surface area contributed by atoms with Crippen molar-refractivity contribution in [3.05, 3.63) is 28.0 Å². The maximum absolute atomic E-state index is 10.3. The third-order valence-electron chi connectivity index (χ3n) is 1.76. The molecule has 0 aromatic carbocycles. The van der Waals surface area contributed by atoms with Crippen LogP contribution in [0.5, 0.6) is 0 Å². The van der Waals surface area contributed by atoms with Crippen molar-refractivity contribution < 1.29 is 15.0 Å². The average molecular weight is 258 g/mol. The summed E-state index contributed by atoms with van der Waals surface area (Å²) in [5.41, 5.74) is 0. The zero-order valence-corrected chi connectivity index (χ0v) is 10.4. The summed E-state index contributed by atoms with van der Waals surface area (Å²) in [5, 5.41) is 17.1. The van der Waals surface area contributed by atoms with E-state index >= 15 is 0 Å². The summed E-state index contributed by atoms with van der Waals surface area (Å²) >= 11 is 3.38. The zero-order chi connectivity index (χ0) is 11.8. The van der Waals surface area contributed by atoms with Gasteiger partial charge in [0.1, 0.15) is 0 Å². The fraction of sp³-hybridized carbons (Fsp3) is 0.364. The molecule has 5 heteroatoms. The number of aliphatic hydroxyl groups is 1. The Labute approximate surface area is 103 Å². The van der Waals surface area contributed by atoms with E-state index in [9.17, 15) is 4.79 Å². The Kier molecular flexibility index (Phi) is 6.22. The van der Waals surface area contributed by atoms with Gasteiger partial charge in [-0.25, -0.2) is 4.79 Å². The normalized spacial score (nSPS) is 11.1. The van der Waals surface area contributed by atoms with Crippen LogP contribution in [0.1, 0.15) is 16.2 Å².